The number of hydrogen-bond acceptors (Lipinski definition) is 4. The van der Waals surface area contributed by atoms with Crippen molar-refractivity contribution < 1.29 is 9.72 Å². The molecule has 2 unspecified atom stereocenters. The van der Waals surface area contributed by atoms with Gasteiger partial charge in [0, 0.05) is 18.2 Å². The zero-order valence-corrected chi connectivity index (χ0v) is 11.7. The third-order valence-electron chi connectivity index (χ3n) is 3.55. The van der Waals surface area contributed by atoms with Crippen LogP contribution in [0.2, 0.25) is 0 Å². The van der Waals surface area contributed by atoms with Crippen molar-refractivity contribution in [3.8, 4) is 0 Å². The van der Waals surface area contributed by atoms with Crippen molar-refractivity contribution in [1.82, 2.24) is 10.6 Å². The Labute approximate surface area is 117 Å². The van der Waals surface area contributed by atoms with Crippen LogP contribution in [0, 0.1) is 17.0 Å². The summed E-state index contributed by atoms with van der Waals surface area (Å²) in [5.41, 5.74) is 0.829. The number of carbonyl (C=O) groups is 1. The van der Waals surface area contributed by atoms with E-state index in [0.717, 1.165) is 24.9 Å². The summed E-state index contributed by atoms with van der Waals surface area (Å²) in [4.78, 5) is 22.7. The van der Waals surface area contributed by atoms with E-state index in [0.29, 0.717) is 6.04 Å². The summed E-state index contributed by atoms with van der Waals surface area (Å²) in [5.74, 6) is -0.362. The molecule has 2 atom stereocenters. The first-order valence-corrected chi connectivity index (χ1v) is 6.76. The summed E-state index contributed by atoms with van der Waals surface area (Å²) in [6.07, 6.45) is 1.68. The Kier molecular flexibility index (Phi) is 4.34. The van der Waals surface area contributed by atoms with Gasteiger partial charge in [-0.1, -0.05) is 6.07 Å². The van der Waals surface area contributed by atoms with E-state index in [4.69, 9.17) is 0 Å². The molecular formula is C14H19N3O3. The molecule has 0 radical (unpaired) electrons. The maximum Gasteiger partial charge on any atom is 0.282 e. The fourth-order valence-corrected chi connectivity index (χ4v) is 2.52. The van der Waals surface area contributed by atoms with Crippen molar-refractivity contribution in [2.75, 3.05) is 6.54 Å². The maximum absolute atomic E-state index is 12.3. The summed E-state index contributed by atoms with van der Waals surface area (Å²) >= 11 is 0. The molecule has 1 fully saturated rings. The van der Waals surface area contributed by atoms with Crippen molar-refractivity contribution in [2.45, 2.75) is 38.8 Å². The number of benzene rings is 1. The highest BCUT2D eigenvalue weighted by Gasteiger charge is 2.24. The monoisotopic (exact) mass is 277 g/mol. The molecule has 108 valence electrons. The highest BCUT2D eigenvalue weighted by molar-refractivity contribution is 5.98. The Bertz CT molecular complexity index is 530. The minimum atomic E-state index is -0.514. The van der Waals surface area contributed by atoms with Crippen LogP contribution in [-0.4, -0.2) is 29.5 Å². The Morgan fingerprint density at radius 3 is 2.90 bits per heavy atom. The minimum absolute atomic E-state index is 0.0684. The van der Waals surface area contributed by atoms with Crippen molar-refractivity contribution >= 4 is 11.6 Å². The van der Waals surface area contributed by atoms with Crippen LogP contribution >= 0.6 is 0 Å². The Morgan fingerprint density at radius 1 is 1.50 bits per heavy atom. The number of piperidine rings is 1. The van der Waals surface area contributed by atoms with Crippen LogP contribution in [0.25, 0.3) is 0 Å². The van der Waals surface area contributed by atoms with Gasteiger partial charge in [0.1, 0.15) is 5.56 Å². The second-order valence-corrected chi connectivity index (χ2v) is 5.33. The molecule has 2 N–H and O–H groups in total. The molecule has 1 aromatic carbocycles. The third-order valence-corrected chi connectivity index (χ3v) is 3.55. The van der Waals surface area contributed by atoms with Gasteiger partial charge in [-0.2, -0.15) is 0 Å². The van der Waals surface area contributed by atoms with Crippen molar-refractivity contribution in [2.24, 2.45) is 0 Å². The molecule has 0 bridgehead atoms. The van der Waals surface area contributed by atoms with Gasteiger partial charge >= 0.3 is 0 Å². The molecular weight excluding hydrogens is 258 g/mol. The predicted molar refractivity (Wildman–Crippen MR) is 75.8 cm³/mol. The lowest BCUT2D eigenvalue weighted by Gasteiger charge is -2.28. The average molecular weight is 277 g/mol. The molecule has 1 heterocycles. The second-order valence-electron chi connectivity index (χ2n) is 5.33. The molecule has 1 saturated heterocycles. The zero-order chi connectivity index (χ0) is 14.7. The van der Waals surface area contributed by atoms with E-state index >= 15 is 0 Å². The Balaban J connectivity index is 2.16. The number of nitro benzene ring substituents is 1. The van der Waals surface area contributed by atoms with Crippen LogP contribution < -0.4 is 10.6 Å². The largest absolute Gasteiger partial charge is 0.349 e. The van der Waals surface area contributed by atoms with Gasteiger partial charge in [-0.3, -0.25) is 14.9 Å². The summed E-state index contributed by atoms with van der Waals surface area (Å²) in [7, 11) is 0. The number of nitrogens with one attached hydrogen (secondary N) is 2. The topological polar surface area (TPSA) is 84.3 Å². The first-order chi connectivity index (χ1) is 9.47. The van der Waals surface area contributed by atoms with Gasteiger partial charge in [-0.05, 0) is 44.9 Å². The van der Waals surface area contributed by atoms with E-state index in [1.54, 1.807) is 12.1 Å². The standard InChI is InChI=1S/C14H19N3O3/c1-9-3-4-13(17(19)20)12(7-9)14(18)16-11-5-6-15-10(2)8-11/h3-4,7,10-11,15H,5-6,8H2,1-2H3,(H,16,18). The fourth-order valence-electron chi connectivity index (χ4n) is 2.52. The van der Waals surface area contributed by atoms with Crippen LogP contribution in [0.3, 0.4) is 0 Å². The first kappa shape index (κ1) is 14.5. The summed E-state index contributed by atoms with van der Waals surface area (Å²) in [6.45, 7) is 4.72. The number of carbonyl (C=O) groups excluding carboxylic acids is 1. The maximum atomic E-state index is 12.3. The summed E-state index contributed by atoms with van der Waals surface area (Å²) in [5, 5.41) is 17.2. The third kappa shape index (κ3) is 3.33. The average Bonchev–Trinajstić information content (AvgIpc) is 2.38. The lowest BCUT2D eigenvalue weighted by Crippen LogP contribution is -2.46. The van der Waals surface area contributed by atoms with E-state index in [2.05, 4.69) is 17.6 Å². The molecule has 1 amide bonds. The highest BCUT2D eigenvalue weighted by Crippen LogP contribution is 2.20. The van der Waals surface area contributed by atoms with Gasteiger partial charge in [-0.25, -0.2) is 0 Å². The molecule has 6 heteroatoms. The molecule has 0 aromatic heterocycles. The van der Waals surface area contributed by atoms with Gasteiger partial charge in [-0.15, -0.1) is 0 Å². The molecule has 1 aromatic rings. The van der Waals surface area contributed by atoms with Crippen LogP contribution in [0.1, 0.15) is 35.7 Å². The summed E-state index contributed by atoms with van der Waals surface area (Å²) < 4.78 is 0. The van der Waals surface area contributed by atoms with Crippen molar-refractivity contribution in [3.05, 3.63) is 39.4 Å². The molecule has 1 aliphatic heterocycles. The van der Waals surface area contributed by atoms with Crippen LogP contribution in [0.15, 0.2) is 18.2 Å². The Hall–Kier alpha value is -1.95. The molecule has 0 spiro atoms. The van der Waals surface area contributed by atoms with Gasteiger partial charge in [0.05, 0.1) is 4.92 Å². The number of rotatable bonds is 3. The van der Waals surface area contributed by atoms with Gasteiger partial charge < -0.3 is 10.6 Å². The van der Waals surface area contributed by atoms with Crippen molar-refractivity contribution in [1.29, 1.82) is 0 Å². The minimum Gasteiger partial charge on any atom is -0.349 e. The molecule has 0 aliphatic carbocycles. The van der Waals surface area contributed by atoms with Crippen LogP contribution in [0.4, 0.5) is 5.69 Å². The lowest BCUT2D eigenvalue weighted by molar-refractivity contribution is -0.385. The van der Waals surface area contributed by atoms with Gasteiger partial charge in [0.25, 0.3) is 11.6 Å². The number of amides is 1. The summed E-state index contributed by atoms with van der Waals surface area (Å²) in [6, 6.07) is 5.01. The molecule has 2 rings (SSSR count). The predicted octanol–water partition coefficient (Wildman–Crippen LogP) is 1.77. The van der Waals surface area contributed by atoms with Gasteiger partial charge in [0.15, 0.2) is 0 Å². The number of aryl methyl sites for hydroxylation is 1. The van der Waals surface area contributed by atoms with Crippen LogP contribution in [0.5, 0.6) is 0 Å². The quantitative estimate of drug-likeness (QED) is 0.651. The first-order valence-electron chi connectivity index (χ1n) is 6.76. The SMILES string of the molecule is Cc1ccc([N+](=O)[O-])c(C(=O)NC2CCNC(C)C2)c1. The molecule has 0 saturated carbocycles. The normalized spacial score (nSPS) is 22.3. The smallest absolute Gasteiger partial charge is 0.282 e. The van der Waals surface area contributed by atoms with E-state index in [-0.39, 0.29) is 23.2 Å². The van der Waals surface area contributed by atoms with Crippen LogP contribution in [-0.2, 0) is 0 Å². The van der Waals surface area contributed by atoms with Crippen molar-refractivity contribution in [3.63, 3.8) is 0 Å². The molecule has 6 nitrogen and oxygen atoms in total. The molecule has 1 aliphatic rings. The number of nitrogens with zero attached hydrogens (tertiary/aromatic N) is 1. The lowest BCUT2D eigenvalue weighted by atomic mass is 10.00. The van der Waals surface area contributed by atoms with E-state index in [9.17, 15) is 14.9 Å². The van der Waals surface area contributed by atoms with E-state index in [1.807, 2.05) is 6.92 Å². The zero-order valence-electron chi connectivity index (χ0n) is 11.7. The van der Waals surface area contributed by atoms with E-state index in [1.165, 1.54) is 6.07 Å². The van der Waals surface area contributed by atoms with Gasteiger partial charge in [0.2, 0.25) is 0 Å². The molecule has 20 heavy (non-hydrogen) atoms. The highest BCUT2D eigenvalue weighted by atomic mass is 16.6. The number of hydrogen-bond donors (Lipinski definition) is 2. The van der Waals surface area contributed by atoms with E-state index < -0.39 is 4.92 Å². The Morgan fingerprint density at radius 2 is 2.25 bits per heavy atom. The fraction of sp³-hybridized carbons (Fsp3) is 0.500. The number of nitro groups is 1. The second kappa shape index (κ2) is 6.00.